The number of hydrogen-bond acceptors (Lipinski definition) is 3. The lowest BCUT2D eigenvalue weighted by atomic mass is 10.1. The van der Waals surface area contributed by atoms with Crippen LogP contribution in [0.2, 0.25) is 0 Å². The topological polar surface area (TPSA) is 57.5 Å². The maximum absolute atomic E-state index is 4.51. The molecule has 28 heavy (non-hydrogen) atoms. The van der Waals surface area contributed by atoms with Gasteiger partial charge in [0, 0.05) is 38.9 Å². The minimum atomic E-state index is 0.772. The van der Waals surface area contributed by atoms with Gasteiger partial charge >= 0.3 is 0 Å². The van der Waals surface area contributed by atoms with E-state index in [0.717, 1.165) is 57.3 Å². The fourth-order valence-corrected chi connectivity index (χ4v) is 3.31. The molecule has 154 valence electrons. The molecule has 0 aliphatic carbocycles. The van der Waals surface area contributed by atoms with Crippen molar-refractivity contribution >= 4 is 5.96 Å². The number of hydrogen-bond donors (Lipinski definition) is 2. The molecule has 0 spiro atoms. The molecule has 6 nitrogen and oxygen atoms in total. The molecule has 2 rings (SSSR count). The lowest BCUT2D eigenvalue weighted by Gasteiger charge is -2.20. The van der Waals surface area contributed by atoms with Gasteiger partial charge in [0.15, 0.2) is 5.96 Å². The Labute approximate surface area is 170 Å². The van der Waals surface area contributed by atoms with Crippen molar-refractivity contribution in [2.24, 2.45) is 4.99 Å². The number of aliphatic imine (C=N–C) groups is 1. The van der Waals surface area contributed by atoms with E-state index < -0.39 is 0 Å². The number of nitrogens with one attached hydrogen (secondary N) is 2. The predicted octanol–water partition coefficient (Wildman–Crippen LogP) is 3.10. The normalized spacial score (nSPS) is 11.9. The zero-order valence-corrected chi connectivity index (χ0v) is 18.1. The van der Waals surface area contributed by atoms with E-state index in [9.17, 15) is 0 Å². The maximum Gasteiger partial charge on any atom is 0.191 e. The number of aryl methyl sites for hydroxylation is 3. The molecule has 0 bridgehead atoms. The fraction of sp³-hybridized carbons (Fsp3) is 0.545. The largest absolute Gasteiger partial charge is 0.356 e. The second-order valence-electron chi connectivity index (χ2n) is 7.09. The minimum Gasteiger partial charge on any atom is -0.356 e. The standard InChI is InChI=1S/C22H36N6/c1-6-27(7-2)17-21-12-9-8-11-20(21)16-25-22(23-5)24-13-10-14-28-19(4)15-18(3)26-28/h8-9,11-12,15H,6-7,10,13-14,16-17H2,1-5H3,(H2,23,24,25). The molecule has 6 heteroatoms. The van der Waals surface area contributed by atoms with Crippen molar-refractivity contribution in [1.82, 2.24) is 25.3 Å². The number of rotatable bonds is 10. The summed E-state index contributed by atoms with van der Waals surface area (Å²) in [5, 5.41) is 11.4. The smallest absolute Gasteiger partial charge is 0.191 e. The molecular formula is C22H36N6. The van der Waals surface area contributed by atoms with Crippen LogP contribution in [0.1, 0.15) is 42.8 Å². The second-order valence-corrected chi connectivity index (χ2v) is 7.09. The van der Waals surface area contributed by atoms with Crippen LogP contribution >= 0.6 is 0 Å². The van der Waals surface area contributed by atoms with Gasteiger partial charge in [-0.15, -0.1) is 0 Å². The zero-order chi connectivity index (χ0) is 20.4. The van der Waals surface area contributed by atoms with Crippen molar-refractivity contribution in [1.29, 1.82) is 0 Å². The highest BCUT2D eigenvalue weighted by Crippen LogP contribution is 2.11. The van der Waals surface area contributed by atoms with Crippen LogP contribution in [0.3, 0.4) is 0 Å². The monoisotopic (exact) mass is 384 g/mol. The molecule has 1 heterocycles. The Kier molecular flexibility index (Phi) is 9.01. The van der Waals surface area contributed by atoms with Gasteiger partial charge in [0.2, 0.25) is 0 Å². The Balaban J connectivity index is 1.81. The third-order valence-corrected chi connectivity index (χ3v) is 5.02. The van der Waals surface area contributed by atoms with Crippen LogP contribution in [0.15, 0.2) is 35.3 Å². The Hall–Kier alpha value is -2.34. The first-order valence-electron chi connectivity index (χ1n) is 10.3. The Morgan fingerprint density at radius 3 is 2.43 bits per heavy atom. The highest BCUT2D eigenvalue weighted by molar-refractivity contribution is 5.79. The molecule has 0 atom stereocenters. The first-order valence-corrected chi connectivity index (χ1v) is 10.3. The first kappa shape index (κ1) is 22.0. The molecule has 0 amide bonds. The summed E-state index contributed by atoms with van der Waals surface area (Å²) in [4.78, 5) is 6.79. The minimum absolute atomic E-state index is 0.772. The SMILES string of the molecule is CCN(CC)Cc1ccccc1CNC(=NC)NCCCn1nc(C)cc1C. The van der Waals surface area contributed by atoms with E-state index in [2.05, 4.69) is 81.4 Å². The van der Waals surface area contributed by atoms with Crippen LogP contribution in [0.5, 0.6) is 0 Å². The lowest BCUT2D eigenvalue weighted by molar-refractivity contribution is 0.295. The molecule has 1 aromatic carbocycles. The molecule has 0 fully saturated rings. The van der Waals surface area contributed by atoms with Crippen LogP contribution in [0.4, 0.5) is 0 Å². The van der Waals surface area contributed by atoms with E-state index in [-0.39, 0.29) is 0 Å². The van der Waals surface area contributed by atoms with E-state index in [1.54, 1.807) is 0 Å². The van der Waals surface area contributed by atoms with Crippen LogP contribution in [-0.4, -0.2) is 47.3 Å². The molecule has 0 aliphatic heterocycles. The van der Waals surface area contributed by atoms with Crippen molar-refractivity contribution in [3.63, 3.8) is 0 Å². The Morgan fingerprint density at radius 2 is 1.82 bits per heavy atom. The molecule has 0 radical (unpaired) electrons. The second kappa shape index (κ2) is 11.5. The van der Waals surface area contributed by atoms with Gasteiger partial charge in [-0.2, -0.15) is 5.10 Å². The molecule has 0 saturated heterocycles. The summed E-state index contributed by atoms with van der Waals surface area (Å²) in [5.74, 6) is 0.839. The van der Waals surface area contributed by atoms with Crippen LogP contribution in [-0.2, 0) is 19.6 Å². The maximum atomic E-state index is 4.51. The molecule has 1 aromatic heterocycles. The van der Waals surface area contributed by atoms with Gasteiger partial charge in [-0.05, 0) is 50.6 Å². The van der Waals surface area contributed by atoms with E-state index in [0.29, 0.717) is 0 Å². The summed E-state index contributed by atoms with van der Waals surface area (Å²) in [6, 6.07) is 10.8. The van der Waals surface area contributed by atoms with Crippen molar-refractivity contribution in [3.05, 3.63) is 52.8 Å². The van der Waals surface area contributed by atoms with Gasteiger partial charge in [0.05, 0.1) is 5.69 Å². The zero-order valence-electron chi connectivity index (χ0n) is 18.1. The summed E-state index contributed by atoms with van der Waals surface area (Å²) in [7, 11) is 1.82. The third kappa shape index (κ3) is 6.68. The highest BCUT2D eigenvalue weighted by Gasteiger charge is 2.07. The van der Waals surface area contributed by atoms with Gasteiger partial charge < -0.3 is 10.6 Å². The molecule has 0 aliphatic rings. The van der Waals surface area contributed by atoms with E-state index in [4.69, 9.17) is 0 Å². The van der Waals surface area contributed by atoms with Crippen LogP contribution < -0.4 is 10.6 Å². The van der Waals surface area contributed by atoms with Gasteiger partial charge in [-0.1, -0.05) is 38.1 Å². The van der Waals surface area contributed by atoms with Crippen molar-refractivity contribution < 1.29 is 0 Å². The molecule has 0 unspecified atom stereocenters. The average Bonchev–Trinajstić information content (AvgIpc) is 3.03. The summed E-state index contributed by atoms with van der Waals surface area (Å²) >= 11 is 0. The van der Waals surface area contributed by atoms with Gasteiger partial charge in [0.1, 0.15) is 0 Å². The van der Waals surface area contributed by atoms with Gasteiger partial charge in [0.25, 0.3) is 0 Å². The van der Waals surface area contributed by atoms with E-state index in [1.807, 2.05) is 14.0 Å². The summed E-state index contributed by atoms with van der Waals surface area (Å²) in [5.41, 5.74) is 4.98. The number of aromatic nitrogens is 2. The molecule has 0 saturated carbocycles. The van der Waals surface area contributed by atoms with Crippen molar-refractivity contribution in [3.8, 4) is 0 Å². The number of nitrogens with zero attached hydrogens (tertiary/aromatic N) is 4. The van der Waals surface area contributed by atoms with Crippen molar-refractivity contribution in [2.45, 2.75) is 53.8 Å². The summed E-state index contributed by atoms with van der Waals surface area (Å²) in [6.45, 7) is 14.2. The van der Waals surface area contributed by atoms with Crippen LogP contribution in [0.25, 0.3) is 0 Å². The molecular weight excluding hydrogens is 348 g/mol. The Bertz CT molecular complexity index is 745. The number of benzene rings is 1. The summed E-state index contributed by atoms with van der Waals surface area (Å²) in [6.07, 6.45) is 1.00. The average molecular weight is 385 g/mol. The van der Waals surface area contributed by atoms with Crippen molar-refractivity contribution in [2.75, 3.05) is 26.7 Å². The van der Waals surface area contributed by atoms with E-state index in [1.165, 1.54) is 16.8 Å². The van der Waals surface area contributed by atoms with Gasteiger partial charge in [-0.3, -0.25) is 14.6 Å². The predicted molar refractivity (Wildman–Crippen MR) is 118 cm³/mol. The van der Waals surface area contributed by atoms with E-state index >= 15 is 0 Å². The van der Waals surface area contributed by atoms with Gasteiger partial charge in [-0.25, -0.2) is 0 Å². The van der Waals surface area contributed by atoms with Crippen LogP contribution in [0, 0.1) is 13.8 Å². The quantitative estimate of drug-likeness (QED) is 0.375. The highest BCUT2D eigenvalue weighted by atomic mass is 15.3. The summed E-state index contributed by atoms with van der Waals surface area (Å²) < 4.78 is 2.07. The fourth-order valence-electron chi connectivity index (χ4n) is 3.31. The molecule has 2 aromatic rings. The third-order valence-electron chi connectivity index (χ3n) is 5.02. The lowest BCUT2D eigenvalue weighted by Crippen LogP contribution is -2.38. The molecule has 2 N–H and O–H groups in total. The Morgan fingerprint density at radius 1 is 1.11 bits per heavy atom. The first-order chi connectivity index (χ1) is 13.6. The number of guanidine groups is 1.